The van der Waals surface area contributed by atoms with Gasteiger partial charge in [-0.1, -0.05) is 60.7 Å². The second-order valence-electron chi connectivity index (χ2n) is 10.4. The van der Waals surface area contributed by atoms with Crippen LogP contribution in [0.3, 0.4) is 0 Å². The fourth-order valence-electron chi connectivity index (χ4n) is 6.42. The Morgan fingerprint density at radius 3 is 2.07 bits per heavy atom. The molecule has 0 spiro atoms. The summed E-state index contributed by atoms with van der Waals surface area (Å²) in [5.74, 6) is 0. The molecule has 0 fully saturated rings. The molecule has 6 aromatic carbocycles. The highest BCUT2D eigenvalue weighted by atomic mass is 16.3. The molecule has 41 heavy (non-hydrogen) atoms. The summed E-state index contributed by atoms with van der Waals surface area (Å²) in [5, 5.41) is 16.4. The highest BCUT2D eigenvalue weighted by Crippen LogP contribution is 2.42. The first-order valence-electron chi connectivity index (χ1n) is 13.6. The molecule has 0 amide bonds. The van der Waals surface area contributed by atoms with Crippen molar-refractivity contribution in [1.29, 1.82) is 5.26 Å². The summed E-state index contributed by atoms with van der Waals surface area (Å²) in [4.78, 5) is 0. The Labute approximate surface area is 233 Å². The Kier molecular flexibility index (Phi) is 4.37. The molecule has 0 bridgehead atoms. The molecule has 4 heteroatoms. The molecule has 0 unspecified atom stereocenters. The smallest absolute Gasteiger partial charge is 0.145 e. The predicted octanol–water partition coefficient (Wildman–Crippen LogP) is 10.1. The van der Waals surface area contributed by atoms with Gasteiger partial charge in [0.1, 0.15) is 22.3 Å². The van der Waals surface area contributed by atoms with Crippen molar-refractivity contribution in [3.63, 3.8) is 0 Å². The van der Waals surface area contributed by atoms with E-state index in [-0.39, 0.29) is 0 Å². The van der Waals surface area contributed by atoms with Gasteiger partial charge in [-0.25, -0.2) is 0 Å². The van der Waals surface area contributed by atoms with E-state index in [9.17, 15) is 5.26 Å². The topological polar surface area (TPSA) is 55.0 Å². The number of para-hydroxylation sites is 3. The van der Waals surface area contributed by atoms with Crippen molar-refractivity contribution in [2.75, 3.05) is 0 Å². The van der Waals surface area contributed by atoms with Crippen LogP contribution in [-0.4, -0.2) is 4.57 Å². The Morgan fingerprint density at radius 2 is 1.24 bits per heavy atom. The maximum atomic E-state index is 9.86. The zero-order chi connectivity index (χ0) is 27.1. The molecule has 0 saturated heterocycles. The van der Waals surface area contributed by atoms with Crippen LogP contribution in [0.4, 0.5) is 0 Å². The minimum Gasteiger partial charge on any atom is -0.456 e. The summed E-state index contributed by atoms with van der Waals surface area (Å²) >= 11 is 0. The van der Waals surface area contributed by atoms with Crippen molar-refractivity contribution in [3.05, 3.63) is 127 Å². The van der Waals surface area contributed by atoms with Gasteiger partial charge in [0.25, 0.3) is 0 Å². The number of rotatable bonds is 2. The van der Waals surface area contributed by atoms with Gasteiger partial charge in [0, 0.05) is 32.5 Å². The Balaban J connectivity index is 1.39. The van der Waals surface area contributed by atoms with Crippen molar-refractivity contribution < 1.29 is 8.83 Å². The summed E-state index contributed by atoms with van der Waals surface area (Å²) in [6.07, 6.45) is 0. The van der Waals surface area contributed by atoms with Gasteiger partial charge in [0.2, 0.25) is 0 Å². The number of hydrogen-bond donors (Lipinski definition) is 0. The van der Waals surface area contributed by atoms with E-state index in [1.807, 2.05) is 54.6 Å². The van der Waals surface area contributed by atoms with Gasteiger partial charge in [-0.3, -0.25) is 0 Å². The summed E-state index contributed by atoms with van der Waals surface area (Å²) in [5.41, 5.74) is 9.22. The van der Waals surface area contributed by atoms with E-state index in [0.717, 1.165) is 82.5 Å². The quantitative estimate of drug-likeness (QED) is 0.226. The normalized spacial score (nSPS) is 11.9. The van der Waals surface area contributed by atoms with Crippen molar-refractivity contribution in [1.82, 2.24) is 4.57 Å². The summed E-state index contributed by atoms with van der Waals surface area (Å²) in [6, 6.07) is 43.6. The largest absolute Gasteiger partial charge is 0.456 e. The van der Waals surface area contributed by atoms with Crippen LogP contribution in [0.1, 0.15) is 5.56 Å². The fourth-order valence-corrected chi connectivity index (χ4v) is 6.42. The third-order valence-electron chi connectivity index (χ3n) is 8.23. The molecule has 3 aromatic heterocycles. The van der Waals surface area contributed by atoms with Gasteiger partial charge in [0.05, 0.1) is 33.7 Å². The lowest BCUT2D eigenvalue weighted by Crippen LogP contribution is -1.98. The van der Waals surface area contributed by atoms with Gasteiger partial charge in [-0.2, -0.15) is 5.26 Å². The second kappa shape index (κ2) is 8.11. The number of hydrogen-bond acceptors (Lipinski definition) is 3. The third-order valence-corrected chi connectivity index (χ3v) is 8.23. The minimum atomic E-state index is 0.612. The van der Waals surface area contributed by atoms with Gasteiger partial charge in [-0.15, -0.1) is 0 Å². The van der Waals surface area contributed by atoms with E-state index < -0.39 is 0 Å². The third kappa shape index (κ3) is 3.03. The zero-order valence-electron chi connectivity index (χ0n) is 21.8. The van der Waals surface area contributed by atoms with Crippen molar-refractivity contribution in [2.45, 2.75) is 0 Å². The van der Waals surface area contributed by atoms with Crippen LogP contribution >= 0.6 is 0 Å². The molecule has 0 saturated carbocycles. The maximum Gasteiger partial charge on any atom is 0.145 e. The molecule has 4 nitrogen and oxygen atoms in total. The highest BCUT2D eigenvalue weighted by molar-refractivity contribution is 6.24. The molecule has 190 valence electrons. The number of nitrogens with zero attached hydrogens (tertiary/aromatic N) is 2. The first kappa shape index (κ1) is 22.1. The van der Waals surface area contributed by atoms with Crippen LogP contribution in [0.5, 0.6) is 0 Å². The van der Waals surface area contributed by atoms with E-state index >= 15 is 0 Å². The highest BCUT2D eigenvalue weighted by Gasteiger charge is 2.21. The molecule has 0 aliphatic rings. The zero-order valence-corrected chi connectivity index (χ0v) is 21.8. The molecule has 0 atom stereocenters. The summed E-state index contributed by atoms with van der Waals surface area (Å²) < 4.78 is 14.9. The lowest BCUT2D eigenvalue weighted by atomic mass is 9.99. The first-order valence-corrected chi connectivity index (χ1v) is 13.6. The Bertz CT molecular complexity index is 2550. The number of fused-ring (bicyclic) bond motifs is 10. The van der Waals surface area contributed by atoms with Crippen LogP contribution in [0.25, 0.3) is 82.5 Å². The van der Waals surface area contributed by atoms with E-state index in [4.69, 9.17) is 8.83 Å². The molecular weight excluding hydrogens is 504 g/mol. The molecular formula is C37H20N2O2. The maximum absolute atomic E-state index is 9.86. The first-order chi connectivity index (χ1) is 20.3. The molecule has 0 N–H and O–H groups in total. The van der Waals surface area contributed by atoms with Gasteiger partial charge in [-0.05, 0) is 66.2 Å². The SMILES string of the molecule is N#Cc1ccc(-n2c3ccccc3c3c4oc5ccccc5c4ccc32)c(-c2ccc3oc4ccccc4c3c2)c1. The van der Waals surface area contributed by atoms with Crippen molar-refractivity contribution in [2.24, 2.45) is 0 Å². The lowest BCUT2D eigenvalue weighted by Gasteiger charge is -2.15. The van der Waals surface area contributed by atoms with Gasteiger partial charge >= 0.3 is 0 Å². The van der Waals surface area contributed by atoms with Crippen LogP contribution in [-0.2, 0) is 0 Å². The van der Waals surface area contributed by atoms with E-state index in [0.29, 0.717) is 5.56 Å². The Morgan fingerprint density at radius 1 is 0.537 bits per heavy atom. The summed E-state index contributed by atoms with van der Waals surface area (Å²) in [7, 11) is 0. The van der Waals surface area contributed by atoms with Crippen LogP contribution in [0.2, 0.25) is 0 Å². The average molecular weight is 525 g/mol. The lowest BCUT2D eigenvalue weighted by molar-refractivity contribution is 0.669. The van der Waals surface area contributed by atoms with Crippen LogP contribution < -0.4 is 0 Å². The average Bonchev–Trinajstić information content (AvgIpc) is 3.69. The fraction of sp³-hybridized carbons (Fsp3) is 0. The Hall–Kier alpha value is -5.79. The second-order valence-corrected chi connectivity index (χ2v) is 10.4. The molecule has 0 aliphatic heterocycles. The molecule has 3 heterocycles. The van der Waals surface area contributed by atoms with E-state index in [1.165, 1.54) is 0 Å². The minimum absolute atomic E-state index is 0.612. The number of furan rings is 2. The van der Waals surface area contributed by atoms with Crippen molar-refractivity contribution >= 4 is 65.7 Å². The van der Waals surface area contributed by atoms with Crippen LogP contribution in [0.15, 0.2) is 130 Å². The molecule has 0 aliphatic carbocycles. The van der Waals surface area contributed by atoms with E-state index in [1.54, 1.807) is 0 Å². The standard InChI is InChI=1S/C37H20N2O2/c38-21-22-13-16-31(28(19-22)23-14-18-35-29(20-23)25-8-3-5-11-33(25)40-35)39-30-10-4-1-9-27(30)36-32(39)17-15-26-24-7-2-6-12-34(24)41-37(26)36/h1-20H. The monoisotopic (exact) mass is 524 g/mol. The molecule has 0 radical (unpaired) electrons. The molecule has 9 aromatic rings. The number of nitriles is 1. The van der Waals surface area contributed by atoms with Crippen LogP contribution in [0, 0.1) is 11.3 Å². The van der Waals surface area contributed by atoms with Gasteiger partial charge < -0.3 is 13.4 Å². The van der Waals surface area contributed by atoms with Gasteiger partial charge in [0.15, 0.2) is 0 Å². The summed E-state index contributed by atoms with van der Waals surface area (Å²) in [6.45, 7) is 0. The number of benzene rings is 6. The number of aromatic nitrogens is 1. The van der Waals surface area contributed by atoms with E-state index in [2.05, 4.69) is 77.4 Å². The molecule has 9 rings (SSSR count). The predicted molar refractivity (Wildman–Crippen MR) is 165 cm³/mol. The van der Waals surface area contributed by atoms with Crippen molar-refractivity contribution in [3.8, 4) is 22.9 Å².